The van der Waals surface area contributed by atoms with Gasteiger partial charge in [-0.2, -0.15) is 23.7 Å². The summed E-state index contributed by atoms with van der Waals surface area (Å²) in [6.07, 6.45) is -5.07. The van der Waals surface area contributed by atoms with Gasteiger partial charge in [-0.1, -0.05) is 11.6 Å². The summed E-state index contributed by atoms with van der Waals surface area (Å²) in [6.45, 7) is 0. The van der Waals surface area contributed by atoms with Crippen LogP contribution in [0.15, 0.2) is 16.9 Å². The van der Waals surface area contributed by atoms with Crippen molar-refractivity contribution < 1.29 is 17.6 Å². The maximum Gasteiger partial charge on any atom is 0.419 e. The quantitative estimate of drug-likeness (QED) is 0.765. The van der Waals surface area contributed by atoms with Crippen LogP contribution in [0.2, 0.25) is 5.02 Å². The van der Waals surface area contributed by atoms with Crippen molar-refractivity contribution in [1.82, 2.24) is 4.98 Å². The Labute approximate surface area is 136 Å². The SMILES string of the molecule is N#Cc1c(N)[nH]c(=O)c(C#N)c1-c1cc(Cl)c(F)c(C(F)(F)F)c1. The molecule has 3 N–H and O–H groups in total. The number of halogens is 5. The van der Waals surface area contributed by atoms with Crippen molar-refractivity contribution >= 4 is 17.4 Å². The van der Waals surface area contributed by atoms with Gasteiger partial charge in [0.2, 0.25) is 0 Å². The molecule has 0 aliphatic heterocycles. The highest BCUT2D eigenvalue weighted by atomic mass is 35.5. The topological polar surface area (TPSA) is 106 Å². The third-order valence-corrected chi connectivity index (χ3v) is 3.37. The van der Waals surface area contributed by atoms with Crippen LogP contribution in [-0.4, -0.2) is 4.98 Å². The molecule has 0 saturated heterocycles. The molecule has 2 rings (SSSR count). The van der Waals surface area contributed by atoms with Crippen LogP contribution >= 0.6 is 11.6 Å². The molecule has 0 spiro atoms. The number of nitriles is 2. The van der Waals surface area contributed by atoms with Crippen molar-refractivity contribution in [2.24, 2.45) is 0 Å². The highest BCUT2D eigenvalue weighted by Crippen LogP contribution is 2.39. The zero-order chi connectivity index (χ0) is 18.2. The summed E-state index contributed by atoms with van der Waals surface area (Å²) in [5, 5.41) is 17.3. The predicted molar refractivity (Wildman–Crippen MR) is 76.3 cm³/mol. The first kappa shape index (κ1) is 17.3. The molecule has 0 fully saturated rings. The van der Waals surface area contributed by atoms with Crippen LogP contribution in [0.5, 0.6) is 0 Å². The fourth-order valence-corrected chi connectivity index (χ4v) is 2.29. The molecule has 5 nitrogen and oxygen atoms in total. The van der Waals surface area contributed by atoms with Gasteiger partial charge < -0.3 is 10.7 Å². The van der Waals surface area contributed by atoms with Crippen molar-refractivity contribution in [2.45, 2.75) is 6.18 Å². The smallest absolute Gasteiger partial charge is 0.384 e. The third-order valence-electron chi connectivity index (χ3n) is 3.09. The van der Waals surface area contributed by atoms with Crippen LogP contribution in [0.4, 0.5) is 23.4 Å². The van der Waals surface area contributed by atoms with E-state index >= 15 is 0 Å². The third kappa shape index (κ3) is 2.77. The Bertz CT molecular complexity index is 983. The molecule has 0 aliphatic carbocycles. The lowest BCUT2D eigenvalue weighted by molar-refractivity contribution is -0.139. The van der Waals surface area contributed by atoms with Crippen molar-refractivity contribution in [3.63, 3.8) is 0 Å². The molecule has 0 bridgehead atoms. The number of nitrogens with one attached hydrogen (secondary N) is 1. The molecule has 0 radical (unpaired) electrons. The van der Waals surface area contributed by atoms with E-state index in [4.69, 9.17) is 27.9 Å². The van der Waals surface area contributed by atoms with Crippen LogP contribution < -0.4 is 11.3 Å². The molecule has 0 atom stereocenters. The Morgan fingerprint density at radius 3 is 2.25 bits per heavy atom. The first-order valence-corrected chi connectivity index (χ1v) is 6.42. The number of pyridine rings is 1. The molecular formula is C14H5ClF4N4O. The Hall–Kier alpha value is -3.04. The van der Waals surface area contributed by atoms with Gasteiger partial charge in [-0.05, 0) is 17.7 Å². The van der Waals surface area contributed by atoms with E-state index in [-0.39, 0.29) is 0 Å². The summed E-state index contributed by atoms with van der Waals surface area (Å²) >= 11 is 5.49. The zero-order valence-corrected chi connectivity index (χ0v) is 12.2. The molecule has 1 aromatic carbocycles. The van der Waals surface area contributed by atoms with Crippen molar-refractivity contribution in [3.05, 3.63) is 50.0 Å². The van der Waals surface area contributed by atoms with Crippen molar-refractivity contribution in [3.8, 4) is 23.3 Å². The number of hydrogen-bond acceptors (Lipinski definition) is 4. The van der Waals surface area contributed by atoms with Gasteiger partial charge in [-0.25, -0.2) is 4.39 Å². The lowest BCUT2D eigenvalue weighted by Gasteiger charge is -2.14. The Morgan fingerprint density at radius 1 is 1.17 bits per heavy atom. The molecule has 1 heterocycles. The second-order valence-corrected chi connectivity index (χ2v) is 4.94. The minimum absolute atomic E-state index is 0.358. The number of H-pyrrole nitrogens is 1. The maximum atomic E-state index is 13.6. The molecule has 0 unspecified atom stereocenters. The van der Waals surface area contributed by atoms with Crippen LogP contribution in [0.25, 0.3) is 11.1 Å². The first-order valence-electron chi connectivity index (χ1n) is 6.04. The highest BCUT2D eigenvalue weighted by molar-refractivity contribution is 6.31. The predicted octanol–water partition coefficient (Wildman–Crippen LogP) is 3.18. The van der Waals surface area contributed by atoms with Crippen LogP contribution in [0.1, 0.15) is 16.7 Å². The van der Waals surface area contributed by atoms with Gasteiger partial charge >= 0.3 is 6.18 Å². The number of benzene rings is 1. The van der Waals surface area contributed by atoms with E-state index in [1.54, 1.807) is 6.07 Å². The summed E-state index contributed by atoms with van der Waals surface area (Å²) in [6, 6.07) is 4.22. The summed E-state index contributed by atoms with van der Waals surface area (Å²) in [5.74, 6) is -2.15. The first-order chi connectivity index (χ1) is 11.1. The molecule has 1 aromatic heterocycles. The van der Waals surface area contributed by atoms with Gasteiger partial charge in [0.05, 0.1) is 10.6 Å². The lowest BCUT2D eigenvalue weighted by Crippen LogP contribution is -2.17. The van der Waals surface area contributed by atoms with Gasteiger partial charge in [0.25, 0.3) is 5.56 Å². The maximum absolute atomic E-state index is 13.6. The molecule has 122 valence electrons. The van der Waals surface area contributed by atoms with Gasteiger partial charge in [0.1, 0.15) is 29.1 Å². The largest absolute Gasteiger partial charge is 0.419 e. The van der Waals surface area contributed by atoms with Crippen molar-refractivity contribution in [2.75, 3.05) is 5.73 Å². The average Bonchev–Trinajstić information content (AvgIpc) is 2.48. The standard InChI is InChI=1S/C14H5ClF4N4O/c15-9-2-5(1-8(11(9)16)14(17,18)19)10-6(3-20)12(22)23-13(24)7(10)4-21/h1-2H,(H3,22,23,24). The van der Waals surface area contributed by atoms with E-state index in [0.29, 0.717) is 6.07 Å². The van der Waals surface area contributed by atoms with Crippen molar-refractivity contribution in [1.29, 1.82) is 10.5 Å². The number of nitrogens with zero attached hydrogens (tertiary/aromatic N) is 2. The Kier molecular flexibility index (Phi) is 4.24. The monoisotopic (exact) mass is 356 g/mol. The summed E-state index contributed by atoms with van der Waals surface area (Å²) in [4.78, 5) is 13.8. The van der Waals surface area contributed by atoms with Gasteiger partial charge in [0, 0.05) is 5.56 Å². The molecular weight excluding hydrogens is 352 g/mol. The summed E-state index contributed by atoms with van der Waals surface area (Å²) in [7, 11) is 0. The fraction of sp³-hybridized carbons (Fsp3) is 0.0714. The van der Waals surface area contributed by atoms with Gasteiger partial charge in [-0.15, -0.1) is 0 Å². The van der Waals surface area contributed by atoms with E-state index in [1.807, 2.05) is 4.98 Å². The van der Waals surface area contributed by atoms with Gasteiger partial charge in [-0.3, -0.25) is 4.79 Å². The lowest BCUT2D eigenvalue weighted by atomic mass is 9.95. The molecule has 0 saturated carbocycles. The number of rotatable bonds is 1. The molecule has 2 aromatic rings. The number of nitrogen functional groups attached to an aromatic ring is 1. The Morgan fingerprint density at radius 2 is 1.75 bits per heavy atom. The van der Waals surface area contributed by atoms with Crippen LogP contribution in [0, 0.1) is 28.5 Å². The molecule has 24 heavy (non-hydrogen) atoms. The minimum Gasteiger partial charge on any atom is -0.384 e. The summed E-state index contributed by atoms with van der Waals surface area (Å²) in [5.41, 5.74) is 0.817. The number of hydrogen-bond donors (Lipinski definition) is 2. The molecule has 0 amide bonds. The fourth-order valence-electron chi connectivity index (χ4n) is 2.07. The molecule has 0 aliphatic rings. The van der Waals surface area contributed by atoms with E-state index in [9.17, 15) is 22.4 Å². The number of aromatic nitrogens is 1. The second kappa shape index (κ2) is 5.87. The van der Waals surface area contributed by atoms with E-state index in [0.717, 1.165) is 6.07 Å². The van der Waals surface area contributed by atoms with Crippen LogP contribution in [-0.2, 0) is 6.18 Å². The number of alkyl halides is 3. The molecule has 10 heteroatoms. The van der Waals surface area contributed by atoms with Crippen LogP contribution in [0.3, 0.4) is 0 Å². The van der Waals surface area contributed by atoms with E-state index in [2.05, 4.69) is 0 Å². The average molecular weight is 357 g/mol. The number of nitrogens with two attached hydrogens (primary N) is 1. The highest BCUT2D eigenvalue weighted by Gasteiger charge is 2.36. The minimum atomic E-state index is -5.07. The second-order valence-electron chi connectivity index (χ2n) is 4.53. The summed E-state index contributed by atoms with van der Waals surface area (Å²) < 4.78 is 52.4. The zero-order valence-electron chi connectivity index (χ0n) is 11.4. The number of anilines is 1. The van der Waals surface area contributed by atoms with Gasteiger partial charge in [0.15, 0.2) is 5.82 Å². The Balaban J connectivity index is 2.99. The normalized spacial score (nSPS) is 11.0. The van der Waals surface area contributed by atoms with E-state index < -0.39 is 56.2 Å². The number of aromatic amines is 1. The van der Waals surface area contributed by atoms with E-state index in [1.165, 1.54) is 6.07 Å².